The molecule has 0 aliphatic heterocycles. The number of anilines is 1. The second kappa shape index (κ2) is 5.93. The van der Waals surface area contributed by atoms with Gasteiger partial charge in [0.15, 0.2) is 0 Å². The zero-order chi connectivity index (χ0) is 14.9. The minimum absolute atomic E-state index is 0.121. The lowest BCUT2D eigenvalue weighted by atomic mass is 10.1. The van der Waals surface area contributed by atoms with Gasteiger partial charge in [0.05, 0.1) is 10.0 Å². The molecule has 3 nitrogen and oxygen atoms in total. The molecule has 6 heteroatoms. The van der Waals surface area contributed by atoms with Crippen LogP contribution in [0.2, 0.25) is 0 Å². The van der Waals surface area contributed by atoms with E-state index in [1.807, 2.05) is 0 Å². The van der Waals surface area contributed by atoms with E-state index in [1.165, 1.54) is 24.3 Å². The van der Waals surface area contributed by atoms with Gasteiger partial charge in [0, 0.05) is 10.2 Å². The van der Waals surface area contributed by atoms with Gasteiger partial charge >= 0.3 is 0 Å². The van der Waals surface area contributed by atoms with Crippen molar-refractivity contribution < 1.29 is 14.3 Å². The minimum Gasteiger partial charge on any atom is -0.507 e. The lowest BCUT2D eigenvalue weighted by molar-refractivity contribution is 0.102. The maximum Gasteiger partial charge on any atom is 0.259 e. The van der Waals surface area contributed by atoms with Gasteiger partial charge in [-0.15, -0.1) is 0 Å². The van der Waals surface area contributed by atoms with E-state index in [9.17, 15) is 14.3 Å². The Labute approximate surface area is 132 Å². The number of aromatic hydroxyl groups is 1. The van der Waals surface area contributed by atoms with Crippen LogP contribution in [-0.4, -0.2) is 11.0 Å². The number of carbonyl (C=O) groups excluding carboxylic acids is 1. The molecular formula is C14H10Br2FNO2. The average Bonchev–Trinajstić information content (AvgIpc) is 2.38. The van der Waals surface area contributed by atoms with Crippen LogP contribution in [0.1, 0.15) is 15.9 Å². The lowest BCUT2D eigenvalue weighted by Gasteiger charge is -2.10. The summed E-state index contributed by atoms with van der Waals surface area (Å²) in [5.41, 5.74) is 1.20. The SMILES string of the molecule is Cc1cc(F)c(Br)cc1NC(=O)c1cc(Br)ccc1O. The predicted octanol–water partition coefficient (Wildman–Crippen LogP) is 4.62. The zero-order valence-electron chi connectivity index (χ0n) is 10.4. The highest BCUT2D eigenvalue weighted by Gasteiger charge is 2.14. The Balaban J connectivity index is 2.32. The number of amides is 1. The molecule has 1 amide bonds. The van der Waals surface area contributed by atoms with Crippen LogP contribution in [0.15, 0.2) is 39.3 Å². The Bertz CT molecular complexity index is 689. The molecule has 0 heterocycles. The van der Waals surface area contributed by atoms with Crippen molar-refractivity contribution >= 4 is 43.5 Å². The highest BCUT2D eigenvalue weighted by Crippen LogP contribution is 2.27. The fraction of sp³-hybridized carbons (Fsp3) is 0.0714. The summed E-state index contributed by atoms with van der Waals surface area (Å²) in [4.78, 5) is 12.1. The number of aryl methyl sites for hydroxylation is 1. The van der Waals surface area contributed by atoms with Crippen LogP contribution in [0.5, 0.6) is 5.75 Å². The zero-order valence-corrected chi connectivity index (χ0v) is 13.5. The van der Waals surface area contributed by atoms with Crippen LogP contribution in [0.4, 0.5) is 10.1 Å². The average molecular weight is 403 g/mol. The van der Waals surface area contributed by atoms with Crippen LogP contribution in [-0.2, 0) is 0 Å². The van der Waals surface area contributed by atoms with E-state index in [-0.39, 0.29) is 15.8 Å². The van der Waals surface area contributed by atoms with E-state index < -0.39 is 11.7 Å². The third kappa shape index (κ3) is 3.19. The smallest absolute Gasteiger partial charge is 0.259 e. The third-order valence-electron chi connectivity index (χ3n) is 2.72. The summed E-state index contributed by atoms with van der Waals surface area (Å²) in [5, 5.41) is 12.3. The molecule has 104 valence electrons. The van der Waals surface area contributed by atoms with E-state index in [0.29, 0.717) is 15.7 Å². The third-order valence-corrected chi connectivity index (χ3v) is 3.82. The number of rotatable bonds is 2. The van der Waals surface area contributed by atoms with Gasteiger partial charge < -0.3 is 10.4 Å². The lowest BCUT2D eigenvalue weighted by Crippen LogP contribution is -2.13. The monoisotopic (exact) mass is 401 g/mol. The predicted molar refractivity (Wildman–Crippen MR) is 82.6 cm³/mol. The molecule has 2 N–H and O–H groups in total. The summed E-state index contributed by atoms with van der Waals surface area (Å²) in [7, 11) is 0. The molecule has 0 aliphatic carbocycles. The van der Waals surface area contributed by atoms with E-state index in [4.69, 9.17) is 0 Å². The Morgan fingerprint density at radius 3 is 2.65 bits per heavy atom. The number of nitrogens with one attached hydrogen (secondary N) is 1. The molecule has 0 saturated carbocycles. The number of hydrogen-bond donors (Lipinski definition) is 2. The molecule has 0 atom stereocenters. The minimum atomic E-state index is -0.467. The van der Waals surface area contributed by atoms with E-state index in [1.54, 1.807) is 13.0 Å². The van der Waals surface area contributed by atoms with Crippen molar-refractivity contribution in [1.82, 2.24) is 0 Å². The maximum atomic E-state index is 13.3. The molecule has 2 aromatic rings. The maximum absolute atomic E-state index is 13.3. The number of carbonyl (C=O) groups is 1. The molecule has 0 fully saturated rings. The van der Waals surface area contributed by atoms with E-state index >= 15 is 0 Å². The molecule has 0 aromatic heterocycles. The first kappa shape index (κ1) is 15.0. The van der Waals surface area contributed by atoms with Crippen LogP contribution in [0.3, 0.4) is 0 Å². The van der Waals surface area contributed by atoms with Crippen molar-refractivity contribution in [3.8, 4) is 5.75 Å². The van der Waals surface area contributed by atoms with Gasteiger partial charge in [0.25, 0.3) is 5.91 Å². The molecule has 0 saturated heterocycles. The molecule has 0 spiro atoms. The van der Waals surface area contributed by atoms with Crippen molar-refractivity contribution in [3.63, 3.8) is 0 Å². The van der Waals surface area contributed by atoms with Gasteiger partial charge in [0.1, 0.15) is 11.6 Å². The van der Waals surface area contributed by atoms with Crippen LogP contribution >= 0.6 is 31.9 Å². The number of halogens is 3. The van der Waals surface area contributed by atoms with Crippen LogP contribution < -0.4 is 5.32 Å². The molecule has 2 aromatic carbocycles. The number of benzene rings is 2. The summed E-state index contributed by atoms with van der Waals surface area (Å²) < 4.78 is 14.3. The largest absolute Gasteiger partial charge is 0.507 e. The second-order valence-electron chi connectivity index (χ2n) is 4.20. The number of hydrogen-bond acceptors (Lipinski definition) is 2. The molecule has 0 bridgehead atoms. The van der Waals surface area contributed by atoms with Crippen molar-refractivity contribution in [2.45, 2.75) is 6.92 Å². The molecule has 0 radical (unpaired) electrons. The van der Waals surface area contributed by atoms with Gasteiger partial charge in [0.2, 0.25) is 0 Å². The summed E-state index contributed by atoms with van der Waals surface area (Å²) in [6.45, 7) is 1.69. The molecule has 2 rings (SSSR count). The number of phenolic OH excluding ortho intramolecular Hbond substituents is 1. The Kier molecular flexibility index (Phi) is 4.45. The summed E-state index contributed by atoms with van der Waals surface area (Å²) in [6.07, 6.45) is 0. The molecule has 0 aliphatic rings. The van der Waals surface area contributed by atoms with Gasteiger partial charge in [-0.1, -0.05) is 15.9 Å². The van der Waals surface area contributed by atoms with Gasteiger partial charge in [-0.2, -0.15) is 0 Å². The van der Waals surface area contributed by atoms with Crippen LogP contribution in [0.25, 0.3) is 0 Å². The van der Waals surface area contributed by atoms with E-state index in [2.05, 4.69) is 37.2 Å². The van der Waals surface area contributed by atoms with Crippen molar-refractivity contribution in [2.75, 3.05) is 5.32 Å². The van der Waals surface area contributed by atoms with E-state index in [0.717, 1.165) is 0 Å². The summed E-state index contributed by atoms with van der Waals surface area (Å²) in [5.74, 6) is -0.985. The quantitative estimate of drug-likeness (QED) is 0.770. The molecular weight excluding hydrogens is 393 g/mol. The first-order valence-electron chi connectivity index (χ1n) is 5.64. The Morgan fingerprint density at radius 1 is 1.25 bits per heavy atom. The van der Waals surface area contributed by atoms with Crippen molar-refractivity contribution in [3.05, 3.63) is 56.2 Å². The fourth-order valence-corrected chi connectivity index (χ4v) is 2.37. The van der Waals surface area contributed by atoms with Gasteiger partial charge in [-0.3, -0.25) is 4.79 Å². The highest BCUT2D eigenvalue weighted by atomic mass is 79.9. The topological polar surface area (TPSA) is 49.3 Å². The first-order valence-corrected chi connectivity index (χ1v) is 7.22. The second-order valence-corrected chi connectivity index (χ2v) is 5.97. The summed E-state index contributed by atoms with van der Waals surface area (Å²) >= 11 is 6.31. The molecule has 0 unspecified atom stereocenters. The highest BCUT2D eigenvalue weighted by molar-refractivity contribution is 9.10. The standard InChI is InChI=1S/C14H10Br2FNO2/c1-7-4-11(17)10(16)6-12(7)18-14(20)9-5-8(15)2-3-13(9)19/h2-6,19H,1H3,(H,18,20). The van der Waals surface area contributed by atoms with Crippen molar-refractivity contribution in [1.29, 1.82) is 0 Å². The number of phenols is 1. The first-order chi connectivity index (χ1) is 9.38. The summed E-state index contributed by atoms with van der Waals surface area (Å²) in [6, 6.07) is 7.37. The fourth-order valence-electron chi connectivity index (χ4n) is 1.66. The van der Waals surface area contributed by atoms with Gasteiger partial charge in [-0.25, -0.2) is 4.39 Å². The molecule has 20 heavy (non-hydrogen) atoms. The Morgan fingerprint density at radius 2 is 1.95 bits per heavy atom. The van der Waals surface area contributed by atoms with Crippen molar-refractivity contribution in [2.24, 2.45) is 0 Å². The van der Waals surface area contributed by atoms with Crippen LogP contribution in [0, 0.1) is 12.7 Å². The normalized spacial score (nSPS) is 10.4. The van der Waals surface area contributed by atoms with Gasteiger partial charge in [-0.05, 0) is 58.7 Å². The Hall–Kier alpha value is -1.40.